The van der Waals surface area contributed by atoms with Gasteiger partial charge in [0, 0.05) is 18.9 Å². The lowest BCUT2D eigenvalue weighted by Crippen LogP contribution is -2.43. The fourth-order valence-electron chi connectivity index (χ4n) is 3.41. The molecule has 22 heavy (non-hydrogen) atoms. The summed E-state index contributed by atoms with van der Waals surface area (Å²) in [6, 6.07) is 0. The molecule has 0 bridgehead atoms. The topological polar surface area (TPSA) is 60.6 Å². The normalized spacial score (nSPS) is 28.1. The third-order valence-corrected chi connectivity index (χ3v) is 4.94. The molecule has 1 atom stereocenters. The molecule has 6 heteroatoms. The zero-order chi connectivity index (χ0) is 14.8. The van der Waals surface area contributed by atoms with Crippen molar-refractivity contribution in [1.82, 2.24) is 15.0 Å². The van der Waals surface area contributed by atoms with Crippen molar-refractivity contribution in [2.24, 2.45) is 5.92 Å². The van der Waals surface area contributed by atoms with Crippen molar-refractivity contribution in [3.63, 3.8) is 0 Å². The summed E-state index contributed by atoms with van der Waals surface area (Å²) in [4.78, 5) is 7.05. The minimum atomic E-state index is 0.253. The molecule has 3 aliphatic rings. The van der Waals surface area contributed by atoms with Crippen molar-refractivity contribution in [1.29, 1.82) is 0 Å². The first-order valence-electron chi connectivity index (χ1n) is 8.61. The Balaban J connectivity index is 1.21. The Labute approximate surface area is 131 Å². The van der Waals surface area contributed by atoms with Crippen LogP contribution in [0, 0.1) is 5.92 Å². The Bertz CT molecular complexity index is 475. The first-order valence-corrected chi connectivity index (χ1v) is 8.61. The summed E-state index contributed by atoms with van der Waals surface area (Å²) in [6.07, 6.45) is 6.07. The maximum absolute atomic E-state index is 5.74. The summed E-state index contributed by atoms with van der Waals surface area (Å²) in [5.41, 5.74) is 0. The Kier molecular flexibility index (Phi) is 4.41. The van der Waals surface area contributed by atoms with E-state index < -0.39 is 0 Å². The molecule has 0 aromatic carbocycles. The average molecular weight is 307 g/mol. The van der Waals surface area contributed by atoms with Gasteiger partial charge in [-0.25, -0.2) is 0 Å². The fourth-order valence-corrected chi connectivity index (χ4v) is 3.41. The van der Waals surface area contributed by atoms with E-state index in [1.165, 1.54) is 25.7 Å². The minimum Gasteiger partial charge on any atom is -0.376 e. The summed E-state index contributed by atoms with van der Waals surface area (Å²) >= 11 is 0. The van der Waals surface area contributed by atoms with Crippen molar-refractivity contribution in [3.8, 4) is 0 Å². The number of hydrogen-bond donors (Lipinski definition) is 0. The molecule has 0 radical (unpaired) electrons. The van der Waals surface area contributed by atoms with Crippen LogP contribution in [0.25, 0.3) is 0 Å². The van der Waals surface area contributed by atoms with Gasteiger partial charge in [-0.3, -0.25) is 0 Å². The largest absolute Gasteiger partial charge is 0.376 e. The second-order valence-electron chi connectivity index (χ2n) is 6.84. The SMILES string of the molecule is C1COC(CN2CCC(Cc3noc(C4CC4)n3)CC2)CO1. The van der Waals surface area contributed by atoms with Gasteiger partial charge >= 0.3 is 0 Å². The van der Waals surface area contributed by atoms with Crippen LogP contribution in [0.4, 0.5) is 0 Å². The van der Waals surface area contributed by atoms with Gasteiger partial charge in [-0.2, -0.15) is 4.98 Å². The molecule has 1 aliphatic carbocycles. The fraction of sp³-hybridized carbons (Fsp3) is 0.875. The van der Waals surface area contributed by atoms with E-state index in [1.807, 2.05) is 0 Å². The predicted octanol–water partition coefficient (Wildman–Crippen LogP) is 1.62. The van der Waals surface area contributed by atoms with Crippen molar-refractivity contribution in [2.45, 2.75) is 44.1 Å². The second-order valence-corrected chi connectivity index (χ2v) is 6.84. The molecule has 0 N–H and O–H groups in total. The number of piperidine rings is 1. The smallest absolute Gasteiger partial charge is 0.229 e. The van der Waals surface area contributed by atoms with Crippen molar-refractivity contribution < 1.29 is 14.0 Å². The first-order chi connectivity index (χ1) is 10.9. The van der Waals surface area contributed by atoms with Crippen LogP contribution in [-0.2, 0) is 15.9 Å². The first kappa shape index (κ1) is 14.6. The highest BCUT2D eigenvalue weighted by atomic mass is 16.6. The van der Waals surface area contributed by atoms with Crippen LogP contribution in [0.2, 0.25) is 0 Å². The quantitative estimate of drug-likeness (QED) is 0.824. The molecule has 122 valence electrons. The molecule has 1 saturated carbocycles. The lowest BCUT2D eigenvalue weighted by molar-refractivity contribution is -0.0993. The molecule has 0 amide bonds. The summed E-state index contributed by atoms with van der Waals surface area (Å²) in [5.74, 6) is 3.01. The lowest BCUT2D eigenvalue weighted by Gasteiger charge is -2.34. The molecule has 3 heterocycles. The summed E-state index contributed by atoms with van der Waals surface area (Å²) in [7, 11) is 0. The van der Waals surface area contributed by atoms with E-state index in [0.29, 0.717) is 11.8 Å². The number of nitrogens with zero attached hydrogens (tertiary/aromatic N) is 3. The molecule has 1 aromatic heterocycles. The number of rotatable bonds is 5. The number of ether oxygens (including phenoxy) is 2. The predicted molar refractivity (Wildman–Crippen MR) is 79.7 cm³/mol. The average Bonchev–Trinajstić information content (AvgIpc) is 3.30. The Hall–Kier alpha value is -0.980. The number of hydrogen-bond acceptors (Lipinski definition) is 6. The maximum atomic E-state index is 5.74. The standard InChI is InChI=1S/C16H25N3O3/c1-2-13(1)16-17-15(18-22-16)9-12-3-5-19(6-4-12)10-14-11-20-7-8-21-14/h12-14H,1-11H2. The van der Waals surface area contributed by atoms with Gasteiger partial charge in [0.25, 0.3) is 0 Å². The Morgan fingerprint density at radius 1 is 1.09 bits per heavy atom. The van der Waals surface area contributed by atoms with Gasteiger partial charge in [0.2, 0.25) is 5.89 Å². The highest BCUT2D eigenvalue weighted by Gasteiger charge is 2.30. The summed E-state index contributed by atoms with van der Waals surface area (Å²) < 4.78 is 16.6. The Morgan fingerprint density at radius 3 is 2.68 bits per heavy atom. The highest BCUT2D eigenvalue weighted by Crippen LogP contribution is 2.39. The molecule has 2 saturated heterocycles. The Morgan fingerprint density at radius 2 is 1.95 bits per heavy atom. The molecule has 1 aromatic rings. The van der Waals surface area contributed by atoms with E-state index in [1.54, 1.807) is 0 Å². The van der Waals surface area contributed by atoms with E-state index in [0.717, 1.165) is 57.6 Å². The molecule has 1 unspecified atom stereocenters. The van der Waals surface area contributed by atoms with E-state index >= 15 is 0 Å². The molecule has 4 rings (SSSR count). The van der Waals surface area contributed by atoms with E-state index in [9.17, 15) is 0 Å². The van der Waals surface area contributed by atoms with Crippen LogP contribution in [0.3, 0.4) is 0 Å². The van der Waals surface area contributed by atoms with Crippen molar-refractivity contribution >= 4 is 0 Å². The number of likely N-dealkylation sites (tertiary alicyclic amines) is 1. The summed E-state index contributed by atoms with van der Waals surface area (Å²) in [6.45, 7) is 5.50. The van der Waals surface area contributed by atoms with Crippen molar-refractivity contribution in [2.75, 3.05) is 39.5 Å². The van der Waals surface area contributed by atoms with Gasteiger partial charge in [0.1, 0.15) is 0 Å². The summed E-state index contributed by atoms with van der Waals surface area (Å²) in [5, 5.41) is 4.15. The van der Waals surface area contributed by atoms with Gasteiger partial charge in [-0.1, -0.05) is 5.16 Å². The van der Waals surface area contributed by atoms with E-state index in [4.69, 9.17) is 14.0 Å². The van der Waals surface area contributed by atoms with Gasteiger partial charge in [-0.05, 0) is 44.7 Å². The van der Waals surface area contributed by atoms with Gasteiger partial charge in [-0.15, -0.1) is 0 Å². The highest BCUT2D eigenvalue weighted by molar-refractivity contribution is 5.02. The molecule has 0 spiro atoms. The molecule has 3 fully saturated rings. The maximum Gasteiger partial charge on any atom is 0.229 e. The third-order valence-electron chi connectivity index (χ3n) is 4.94. The van der Waals surface area contributed by atoms with Crippen LogP contribution >= 0.6 is 0 Å². The van der Waals surface area contributed by atoms with Gasteiger partial charge in [0.05, 0.1) is 25.9 Å². The molecule has 2 aliphatic heterocycles. The van der Waals surface area contributed by atoms with Crippen LogP contribution in [0.1, 0.15) is 43.3 Å². The van der Waals surface area contributed by atoms with Crippen LogP contribution < -0.4 is 0 Å². The van der Waals surface area contributed by atoms with Crippen LogP contribution in [0.15, 0.2) is 4.52 Å². The molecular weight excluding hydrogens is 282 g/mol. The lowest BCUT2D eigenvalue weighted by atomic mass is 9.93. The van der Waals surface area contributed by atoms with E-state index in [2.05, 4.69) is 15.0 Å². The number of aromatic nitrogens is 2. The monoisotopic (exact) mass is 307 g/mol. The molecular formula is C16H25N3O3. The van der Waals surface area contributed by atoms with Crippen LogP contribution in [0.5, 0.6) is 0 Å². The molecule has 6 nitrogen and oxygen atoms in total. The third kappa shape index (κ3) is 3.67. The van der Waals surface area contributed by atoms with Crippen molar-refractivity contribution in [3.05, 3.63) is 11.7 Å². The zero-order valence-corrected chi connectivity index (χ0v) is 13.1. The van der Waals surface area contributed by atoms with Gasteiger partial charge < -0.3 is 18.9 Å². The zero-order valence-electron chi connectivity index (χ0n) is 13.1. The van der Waals surface area contributed by atoms with E-state index in [-0.39, 0.29) is 6.10 Å². The van der Waals surface area contributed by atoms with Crippen LogP contribution in [-0.4, -0.2) is 60.6 Å². The minimum absolute atomic E-state index is 0.253. The van der Waals surface area contributed by atoms with Gasteiger partial charge in [0.15, 0.2) is 5.82 Å². The second kappa shape index (κ2) is 6.64.